The Bertz CT molecular complexity index is 338. The standard InChI is InChI=1S/C13H14O/c1-3-4-5-6-7-12-8-10-13(14-2)11-9-12/h3,8-11H,1,4-5H2,2H3. The minimum atomic E-state index is 0.863. The van der Waals surface area contributed by atoms with Gasteiger partial charge in [-0.25, -0.2) is 0 Å². The largest absolute Gasteiger partial charge is 0.497 e. The number of rotatable bonds is 3. The van der Waals surface area contributed by atoms with E-state index in [0.29, 0.717) is 0 Å². The van der Waals surface area contributed by atoms with Gasteiger partial charge < -0.3 is 4.74 Å². The average molecular weight is 186 g/mol. The molecule has 0 aliphatic rings. The Labute approximate surface area is 85.4 Å². The first-order valence-corrected chi connectivity index (χ1v) is 4.60. The van der Waals surface area contributed by atoms with Gasteiger partial charge in [0.25, 0.3) is 0 Å². The molecule has 1 rings (SSSR count). The minimum Gasteiger partial charge on any atom is -0.497 e. The maximum atomic E-state index is 5.05. The molecule has 1 aromatic rings. The topological polar surface area (TPSA) is 9.23 Å². The molecule has 0 aromatic heterocycles. The molecule has 1 heteroatoms. The summed E-state index contributed by atoms with van der Waals surface area (Å²) in [5.74, 6) is 7.02. The summed E-state index contributed by atoms with van der Waals surface area (Å²) >= 11 is 0. The second-order valence-electron chi connectivity index (χ2n) is 2.86. The van der Waals surface area contributed by atoms with E-state index in [9.17, 15) is 0 Å². The molecule has 1 nitrogen and oxygen atoms in total. The normalized spacial score (nSPS) is 8.64. The lowest BCUT2D eigenvalue weighted by Crippen LogP contribution is -1.81. The third-order valence-corrected chi connectivity index (χ3v) is 1.80. The van der Waals surface area contributed by atoms with E-state index < -0.39 is 0 Å². The summed E-state index contributed by atoms with van der Waals surface area (Å²) in [5.41, 5.74) is 1.02. The number of ether oxygens (including phenoxy) is 1. The van der Waals surface area contributed by atoms with Gasteiger partial charge in [-0.2, -0.15) is 0 Å². The first-order valence-electron chi connectivity index (χ1n) is 4.60. The summed E-state index contributed by atoms with van der Waals surface area (Å²) in [6, 6.07) is 7.74. The maximum Gasteiger partial charge on any atom is 0.118 e. The fourth-order valence-corrected chi connectivity index (χ4v) is 1.01. The number of methoxy groups -OCH3 is 1. The van der Waals surface area contributed by atoms with Crippen LogP contribution >= 0.6 is 0 Å². The Morgan fingerprint density at radius 2 is 2.07 bits per heavy atom. The zero-order chi connectivity index (χ0) is 10.2. The van der Waals surface area contributed by atoms with Crippen molar-refractivity contribution in [2.24, 2.45) is 0 Å². The van der Waals surface area contributed by atoms with Crippen LogP contribution in [0.15, 0.2) is 36.9 Å². The highest BCUT2D eigenvalue weighted by atomic mass is 16.5. The van der Waals surface area contributed by atoms with Gasteiger partial charge in [0.15, 0.2) is 0 Å². The highest BCUT2D eigenvalue weighted by Crippen LogP contribution is 2.10. The SMILES string of the molecule is C=CCCC#Cc1ccc(OC)cc1. The van der Waals surface area contributed by atoms with E-state index in [-0.39, 0.29) is 0 Å². The zero-order valence-electron chi connectivity index (χ0n) is 8.42. The molecule has 14 heavy (non-hydrogen) atoms. The third-order valence-electron chi connectivity index (χ3n) is 1.80. The Morgan fingerprint density at radius 3 is 2.64 bits per heavy atom. The van der Waals surface area contributed by atoms with Crippen molar-refractivity contribution in [1.82, 2.24) is 0 Å². The van der Waals surface area contributed by atoms with Crippen molar-refractivity contribution in [2.75, 3.05) is 7.11 Å². The predicted octanol–water partition coefficient (Wildman–Crippen LogP) is 3.01. The van der Waals surface area contributed by atoms with Crippen LogP contribution in [0.4, 0.5) is 0 Å². The van der Waals surface area contributed by atoms with Crippen molar-refractivity contribution in [2.45, 2.75) is 12.8 Å². The monoisotopic (exact) mass is 186 g/mol. The zero-order valence-corrected chi connectivity index (χ0v) is 8.42. The van der Waals surface area contributed by atoms with E-state index in [4.69, 9.17) is 4.74 Å². The van der Waals surface area contributed by atoms with E-state index >= 15 is 0 Å². The molecule has 0 heterocycles. The van der Waals surface area contributed by atoms with Crippen LogP contribution in [0.25, 0.3) is 0 Å². The van der Waals surface area contributed by atoms with Crippen molar-refractivity contribution >= 4 is 0 Å². The Hall–Kier alpha value is -1.68. The molecule has 1 aromatic carbocycles. The van der Waals surface area contributed by atoms with Crippen LogP contribution in [0.1, 0.15) is 18.4 Å². The minimum absolute atomic E-state index is 0.863. The van der Waals surface area contributed by atoms with Crippen LogP contribution in [0, 0.1) is 11.8 Å². The van der Waals surface area contributed by atoms with Crippen LogP contribution in [0.2, 0.25) is 0 Å². The summed E-state index contributed by atoms with van der Waals surface area (Å²) in [6.07, 6.45) is 3.70. The van der Waals surface area contributed by atoms with E-state index in [1.54, 1.807) is 7.11 Å². The highest BCUT2D eigenvalue weighted by molar-refractivity contribution is 5.38. The summed E-state index contributed by atoms with van der Waals surface area (Å²) in [5, 5.41) is 0. The van der Waals surface area contributed by atoms with Gasteiger partial charge in [-0.3, -0.25) is 0 Å². The molecule has 0 spiro atoms. The fraction of sp³-hybridized carbons (Fsp3) is 0.231. The number of allylic oxidation sites excluding steroid dienone is 1. The van der Waals surface area contributed by atoms with Crippen molar-refractivity contribution < 1.29 is 4.74 Å². The summed E-state index contributed by atoms with van der Waals surface area (Å²) in [4.78, 5) is 0. The molecule has 0 aliphatic carbocycles. The van der Waals surface area contributed by atoms with Crippen molar-refractivity contribution in [3.63, 3.8) is 0 Å². The Kier molecular flexibility index (Phi) is 4.37. The number of benzene rings is 1. The Morgan fingerprint density at radius 1 is 1.36 bits per heavy atom. The van der Waals surface area contributed by atoms with Crippen LogP contribution in [-0.2, 0) is 0 Å². The van der Waals surface area contributed by atoms with Gasteiger partial charge in [-0.05, 0) is 30.7 Å². The summed E-state index contributed by atoms with van der Waals surface area (Å²) < 4.78 is 5.05. The lowest BCUT2D eigenvalue weighted by molar-refractivity contribution is 0.415. The molecule has 72 valence electrons. The maximum absolute atomic E-state index is 5.05. The van der Waals surface area contributed by atoms with Gasteiger partial charge in [-0.1, -0.05) is 17.9 Å². The predicted molar refractivity (Wildman–Crippen MR) is 59.3 cm³/mol. The molecule has 0 atom stereocenters. The van der Waals surface area contributed by atoms with Gasteiger partial charge in [0.05, 0.1) is 7.11 Å². The molecular formula is C13H14O. The quantitative estimate of drug-likeness (QED) is 0.400. The molecule has 0 saturated heterocycles. The van der Waals surface area contributed by atoms with Crippen molar-refractivity contribution in [3.8, 4) is 17.6 Å². The van der Waals surface area contributed by atoms with E-state index in [1.807, 2.05) is 30.3 Å². The summed E-state index contributed by atoms with van der Waals surface area (Å²) in [6.45, 7) is 3.64. The summed E-state index contributed by atoms with van der Waals surface area (Å²) in [7, 11) is 1.66. The number of unbranched alkanes of at least 4 members (excludes halogenated alkanes) is 1. The molecule has 0 N–H and O–H groups in total. The molecule has 0 bridgehead atoms. The lowest BCUT2D eigenvalue weighted by Gasteiger charge is -1.97. The number of hydrogen-bond donors (Lipinski definition) is 0. The molecular weight excluding hydrogens is 172 g/mol. The molecule has 0 aliphatic heterocycles. The first kappa shape index (κ1) is 10.4. The smallest absolute Gasteiger partial charge is 0.118 e. The van der Waals surface area contributed by atoms with Gasteiger partial charge in [-0.15, -0.1) is 6.58 Å². The van der Waals surface area contributed by atoms with Gasteiger partial charge >= 0.3 is 0 Å². The molecule has 0 saturated carbocycles. The third kappa shape index (κ3) is 3.37. The van der Waals surface area contributed by atoms with Gasteiger partial charge in [0.1, 0.15) is 5.75 Å². The van der Waals surface area contributed by atoms with Crippen molar-refractivity contribution in [3.05, 3.63) is 42.5 Å². The van der Waals surface area contributed by atoms with Crippen LogP contribution in [0.5, 0.6) is 5.75 Å². The molecule has 0 fully saturated rings. The average Bonchev–Trinajstić information content (AvgIpc) is 2.25. The fourth-order valence-electron chi connectivity index (χ4n) is 1.01. The van der Waals surface area contributed by atoms with Crippen LogP contribution < -0.4 is 4.74 Å². The molecule has 0 radical (unpaired) electrons. The first-order chi connectivity index (χ1) is 6.86. The van der Waals surface area contributed by atoms with Crippen LogP contribution in [0.3, 0.4) is 0 Å². The molecule has 0 unspecified atom stereocenters. The Balaban J connectivity index is 2.57. The second kappa shape index (κ2) is 5.88. The number of hydrogen-bond acceptors (Lipinski definition) is 1. The van der Waals surface area contributed by atoms with Crippen molar-refractivity contribution in [1.29, 1.82) is 0 Å². The van der Waals surface area contributed by atoms with Crippen LogP contribution in [-0.4, -0.2) is 7.11 Å². The van der Waals surface area contributed by atoms with E-state index in [2.05, 4.69) is 18.4 Å². The second-order valence-corrected chi connectivity index (χ2v) is 2.86. The van der Waals surface area contributed by atoms with Gasteiger partial charge in [0.2, 0.25) is 0 Å². The molecule has 0 amide bonds. The van der Waals surface area contributed by atoms with Gasteiger partial charge in [0, 0.05) is 12.0 Å². The lowest BCUT2D eigenvalue weighted by atomic mass is 10.2. The van der Waals surface area contributed by atoms with E-state index in [1.165, 1.54) is 0 Å². The highest BCUT2D eigenvalue weighted by Gasteiger charge is 1.88. The van der Waals surface area contributed by atoms with E-state index in [0.717, 1.165) is 24.2 Å².